The fraction of sp³-hybridized carbons (Fsp3) is 1.00. The SMILES string of the molecule is O[C@@H]1CCC[C@H](I)C1. The molecule has 1 aliphatic rings. The van der Waals surface area contributed by atoms with E-state index < -0.39 is 0 Å². The molecule has 1 aliphatic carbocycles. The molecule has 2 heteroatoms. The molecule has 8 heavy (non-hydrogen) atoms. The molecule has 0 radical (unpaired) electrons. The van der Waals surface area contributed by atoms with E-state index in [2.05, 4.69) is 22.6 Å². The summed E-state index contributed by atoms with van der Waals surface area (Å²) in [6.07, 6.45) is 4.57. The average molecular weight is 226 g/mol. The molecule has 2 atom stereocenters. The third kappa shape index (κ3) is 1.90. The van der Waals surface area contributed by atoms with Crippen LogP contribution in [0, 0.1) is 0 Å². The van der Waals surface area contributed by atoms with E-state index >= 15 is 0 Å². The summed E-state index contributed by atoms with van der Waals surface area (Å²) in [7, 11) is 0. The Morgan fingerprint density at radius 2 is 2.12 bits per heavy atom. The van der Waals surface area contributed by atoms with Crippen LogP contribution in [0.15, 0.2) is 0 Å². The van der Waals surface area contributed by atoms with Crippen molar-refractivity contribution in [2.45, 2.75) is 35.7 Å². The molecule has 1 fully saturated rings. The number of aliphatic hydroxyl groups excluding tert-OH is 1. The van der Waals surface area contributed by atoms with Crippen molar-refractivity contribution in [2.75, 3.05) is 0 Å². The summed E-state index contributed by atoms with van der Waals surface area (Å²) < 4.78 is 0.733. The molecule has 1 rings (SSSR count). The van der Waals surface area contributed by atoms with Gasteiger partial charge in [0.1, 0.15) is 0 Å². The standard InChI is InChI=1S/C6H11IO/c7-5-2-1-3-6(8)4-5/h5-6,8H,1-4H2/t5-,6+/m0/s1. The van der Waals surface area contributed by atoms with Crippen LogP contribution in [0.5, 0.6) is 0 Å². The van der Waals surface area contributed by atoms with E-state index in [4.69, 9.17) is 5.11 Å². The van der Waals surface area contributed by atoms with Gasteiger partial charge in [0.15, 0.2) is 0 Å². The normalized spacial score (nSPS) is 39.8. The third-order valence-electron chi connectivity index (χ3n) is 1.58. The summed E-state index contributed by atoms with van der Waals surface area (Å²) in [5.74, 6) is 0. The highest BCUT2D eigenvalue weighted by atomic mass is 127. The highest BCUT2D eigenvalue weighted by molar-refractivity contribution is 14.1. The summed E-state index contributed by atoms with van der Waals surface area (Å²) in [5.41, 5.74) is 0. The van der Waals surface area contributed by atoms with Crippen LogP contribution in [0.4, 0.5) is 0 Å². The van der Waals surface area contributed by atoms with Gasteiger partial charge in [-0.25, -0.2) is 0 Å². The molecule has 0 heterocycles. The number of alkyl halides is 1. The molecule has 1 saturated carbocycles. The molecule has 48 valence electrons. The average Bonchev–Trinajstić information content (AvgIpc) is 1.64. The lowest BCUT2D eigenvalue weighted by Crippen LogP contribution is -2.18. The summed E-state index contributed by atoms with van der Waals surface area (Å²) in [6, 6.07) is 0. The van der Waals surface area contributed by atoms with Gasteiger partial charge < -0.3 is 5.11 Å². The van der Waals surface area contributed by atoms with Gasteiger partial charge in [-0.05, 0) is 25.7 Å². The number of rotatable bonds is 0. The highest BCUT2D eigenvalue weighted by Gasteiger charge is 2.16. The van der Waals surface area contributed by atoms with Gasteiger partial charge in [0.2, 0.25) is 0 Å². The summed E-state index contributed by atoms with van der Waals surface area (Å²) >= 11 is 2.41. The van der Waals surface area contributed by atoms with Crippen LogP contribution in [0.3, 0.4) is 0 Å². The van der Waals surface area contributed by atoms with Gasteiger partial charge in [-0.2, -0.15) is 0 Å². The monoisotopic (exact) mass is 226 g/mol. The summed E-state index contributed by atoms with van der Waals surface area (Å²) in [6.45, 7) is 0. The Labute approximate surface area is 63.6 Å². The maximum atomic E-state index is 9.07. The smallest absolute Gasteiger partial charge is 0.0550 e. The van der Waals surface area contributed by atoms with Crippen molar-refractivity contribution in [3.63, 3.8) is 0 Å². The lowest BCUT2D eigenvalue weighted by molar-refractivity contribution is 0.135. The molecule has 0 saturated heterocycles. The molecule has 0 unspecified atom stereocenters. The first kappa shape index (κ1) is 6.81. The van der Waals surface area contributed by atoms with Crippen LogP contribution in [-0.2, 0) is 0 Å². The molecule has 0 amide bonds. The Balaban J connectivity index is 2.23. The van der Waals surface area contributed by atoms with Gasteiger partial charge in [0.25, 0.3) is 0 Å². The fourth-order valence-electron chi connectivity index (χ4n) is 1.11. The molecular formula is C6H11IO. The Morgan fingerprint density at radius 1 is 1.38 bits per heavy atom. The quantitative estimate of drug-likeness (QED) is 0.492. The van der Waals surface area contributed by atoms with Crippen LogP contribution in [0.1, 0.15) is 25.7 Å². The van der Waals surface area contributed by atoms with Gasteiger partial charge in [0, 0.05) is 3.92 Å². The van der Waals surface area contributed by atoms with Crippen molar-refractivity contribution < 1.29 is 5.11 Å². The Morgan fingerprint density at radius 3 is 2.50 bits per heavy atom. The van der Waals surface area contributed by atoms with Crippen molar-refractivity contribution >= 4 is 22.6 Å². The molecule has 0 spiro atoms. The zero-order valence-corrected chi connectivity index (χ0v) is 6.97. The van der Waals surface area contributed by atoms with Crippen LogP contribution < -0.4 is 0 Å². The van der Waals surface area contributed by atoms with Crippen molar-refractivity contribution in [2.24, 2.45) is 0 Å². The molecule has 0 aliphatic heterocycles. The Bertz CT molecular complexity index is 66.9. The third-order valence-corrected chi connectivity index (χ3v) is 2.71. The van der Waals surface area contributed by atoms with E-state index in [1.54, 1.807) is 0 Å². The second kappa shape index (κ2) is 3.01. The van der Waals surface area contributed by atoms with Gasteiger partial charge in [0.05, 0.1) is 6.10 Å². The maximum Gasteiger partial charge on any atom is 0.0550 e. The summed E-state index contributed by atoms with van der Waals surface area (Å²) in [4.78, 5) is 0. The zero-order chi connectivity index (χ0) is 5.98. The molecule has 0 aromatic rings. The van der Waals surface area contributed by atoms with Crippen molar-refractivity contribution in [3.8, 4) is 0 Å². The molecule has 0 bridgehead atoms. The second-order valence-electron chi connectivity index (χ2n) is 2.42. The molecule has 1 N–H and O–H groups in total. The van der Waals surface area contributed by atoms with Gasteiger partial charge in [-0.3, -0.25) is 0 Å². The van der Waals surface area contributed by atoms with E-state index in [-0.39, 0.29) is 6.10 Å². The number of halogens is 1. The highest BCUT2D eigenvalue weighted by Crippen LogP contribution is 2.24. The zero-order valence-electron chi connectivity index (χ0n) is 4.81. The van der Waals surface area contributed by atoms with E-state index in [1.807, 2.05) is 0 Å². The maximum absolute atomic E-state index is 9.07. The predicted octanol–water partition coefficient (Wildman–Crippen LogP) is 1.72. The second-order valence-corrected chi connectivity index (χ2v) is 4.18. The van der Waals surface area contributed by atoms with Crippen LogP contribution >= 0.6 is 22.6 Å². The van der Waals surface area contributed by atoms with Gasteiger partial charge >= 0.3 is 0 Å². The van der Waals surface area contributed by atoms with Crippen LogP contribution in [-0.4, -0.2) is 15.1 Å². The van der Waals surface area contributed by atoms with Gasteiger partial charge in [-0.15, -0.1) is 0 Å². The minimum atomic E-state index is 0.00523. The molecule has 0 aromatic carbocycles. The Kier molecular flexibility index (Phi) is 2.56. The van der Waals surface area contributed by atoms with Crippen LogP contribution in [0.2, 0.25) is 0 Å². The predicted molar refractivity (Wildman–Crippen MR) is 42.3 cm³/mol. The fourth-order valence-corrected chi connectivity index (χ4v) is 2.13. The minimum Gasteiger partial charge on any atom is -0.393 e. The van der Waals surface area contributed by atoms with E-state index in [1.165, 1.54) is 12.8 Å². The topological polar surface area (TPSA) is 20.2 Å². The first-order valence-corrected chi connectivity index (χ1v) is 4.36. The first-order chi connectivity index (χ1) is 3.79. The van der Waals surface area contributed by atoms with E-state index in [0.29, 0.717) is 0 Å². The van der Waals surface area contributed by atoms with Crippen LogP contribution in [0.25, 0.3) is 0 Å². The molecule has 1 nitrogen and oxygen atoms in total. The minimum absolute atomic E-state index is 0.00523. The molecule has 0 aromatic heterocycles. The lowest BCUT2D eigenvalue weighted by atomic mass is 9.98. The first-order valence-electron chi connectivity index (χ1n) is 3.11. The number of aliphatic hydroxyl groups is 1. The van der Waals surface area contributed by atoms with Crippen molar-refractivity contribution in [1.29, 1.82) is 0 Å². The van der Waals surface area contributed by atoms with Crippen molar-refractivity contribution in [3.05, 3.63) is 0 Å². The number of hydrogen-bond acceptors (Lipinski definition) is 1. The Hall–Kier alpha value is 0.690. The summed E-state index contributed by atoms with van der Waals surface area (Å²) in [5, 5.41) is 9.07. The lowest BCUT2D eigenvalue weighted by Gasteiger charge is -2.20. The molecular weight excluding hydrogens is 215 g/mol. The van der Waals surface area contributed by atoms with E-state index in [9.17, 15) is 0 Å². The van der Waals surface area contributed by atoms with E-state index in [0.717, 1.165) is 16.8 Å². The number of hydrogen-bond donors (Lipinski definition) is 1. The van der Waals surface area contributed by atoms with Gasteiger partial charge in [-0.1, -0.05) is 22.6 Å². The van der Waals surface area contributed by atoms with Crippen molar-refractivity contribution in [1.82, 2.24) is 0 Å². The largest absolute Gasteiger partial charge is 0.393 e.